The quantitative estimate of drug-likeness (QED) is 0.393. The predicted molar refractivity (Wildman–Crippen MR) is 74.0 cm³/mol. The van der Waals surface area contributed by atoms with E-state index in [2.05, 4.69) is 26.8 Å². The van der Waals surface area contributed by atoms with Gasteiger partial charge >= 0.3 is 0 Å². The molecule has 0 aromatic rings. The zero-order valence-electron chi connectivity index (χ0n) is 11.5. The van der Waals surface area contributed by atoms with Gasteiger partial charge in [0.1, 0.15) is 0 Å². The summed E-state index contributed by atoms with van der Waals surface area (Å²) < 4.78 is 0. The molecular formula is C15H27Cl. The second-order valence-corrected chi connectivity index (χ2v) is 6.11. The molecule has 16 heavy (non-hydrogen) atoms. The summed E-state index contributed by atoms with van der Waals surface area (Å²) in [7, 11) is 0. The monoisotopic (exact) mass is 242 g/mol. The predicted octanol–water partition coefficient (Wildman–Crippen LogP) is 5.41. The molecule has 4 unspecified atom stereocenters. The fourth-order valence-corrected chi connectivity index (χ4v) is 3.46. The number of halogens is 1. The molecule has 0 aliphatic heterocycles. The Bertz CT molecular complexity index is 256. The summed E-state index contributed by atoms with van der Waals surface area (Å²) in [6.07, 6.45) is 7.36. The van der Waals surface area contributed by atoms with Crippen LogP contribution in [0.4, 0.5) is 0 Å². The van der Waals surface area contributed by atoms with E-state index in [1.165, 1.54) is 19.3 Å². The van der Waals surface area contributed by atoms with Crippen molar-refractivity contribution in [2.24, 2.45) is 17.3 Å². The van der Waals surface area contributed by atoms with Crippen LogP contribution >= 0.6 is 11.6 Å². The second-order valence-electron chi connectivity index (χ2n) is 5.49. The number of hydrogen-bond donors (Lipinski definition) is 0. The van der Waals surface area contributed by atoms with E-state index in [0.29, 0.717) is 10.8 Å². The fraction of sp³-hybridized carbons (Fsp3) is 0.867. The van der Waals surface area contributed by atoms with Gasteiger partial charge in [-0.15, -0.1) is 11.6 Å². The lowest BCUT2D eigenvalue weighted by molar-refractivity contribution is 0.134. The highest BCUT2D eigenvalue weighted by molar-refractivity contribution is 6.20. The number of fused-ring (bicyclic) bond motifs is 1. The Kier molecular flexibility index (Phi) is 4.91. The van der Waals surface area contributed by atoms with Crippen LogP contribution in [0.2, 0.25) is 0 Å². The molecule has 0 amide bonds. The van der Waals surface area contributed by atoms with Crippen molar-refractivity contribution in [2.75, 3.05) is 0 Å². The van der Waals surface area contributed by atoms with E-state index in [-0.39, 0.29) is 0 Å². The smallest absolute Gasteiger partial charge is 0.0373 e. The molecule has 0 spiro atoms. The molecule has 0 nitrogen and oxygen atoms in total. The lowest BCUT2D eigenvalue weighted by Gasteiger charge is -2.48. The van der Waals surface area contributed by atoms with Crippen LogP contribution in [-0.2, 0) is 0 Å². The molecule has 0 aromatic heterocycles. The summed E-state index contributed by atoms with van der Waals surface area (Å²) in [5, 5.41) is 0.398. The Morgan fingerprint density at radius 3 is 2.56 bits per heavy atom. The summed E-state index contributed by atoms with van der Waals surface area (Å²) in [5.41, 5.74) is 2.11. The third-order valence-electron chi connectivity index (χ3n) is 4.75. The highest BCUT2D eigenvalue weighted by Crippen LogP contribution is 2.52. The molecule has 2 aliphatic carbocycles. The van der Waals surface area contributed by atoms with Gasteiger partial charge in [-0.25, -0.2) is 0 Å². The first-order chi connectivity index (χ1) is 7.54. The van der Waals surface area contributed by atoms with Crippen LogP contribution in [0.25, 0.3) is 0 Å². The average molecular weight is 243 g/mol. The number of hydrogen-bond acceptors (Lipinski definition) is 0. The minimum Gasteiger partial charge on any atom is -0.123 e. The Morgan fingerprint density at radius 2 is 1.94 bits per heavy atom. The summed E-state index contributed by atoms with van der Waals surface area (Å²) in [6, 6.07) is 0. The first-order valence-corrected chi connectivity index (χ1v) is 7.31. The molecule has 0 heterocycles. The molecule has 0 bridgehead atoms. The van der Waals surface area contributed by atoms with Crippen molar-refractivity contribution in [1.82, 2.24) is 0 Å². The van der Waals surface area contributed by atoms with Gasteiger partial charge in [-0.2, -0.15) is 0 Å². The summed E-state index contributed by atoms with van der Waals surface area (Å²) in [5.74, 6) is 1.67. The van der Waals surface area contributed by atoms with Gasteiger partial charge in [0.15, 0.2) is 0 Å². The Morgan fingerprint density at radius 1 is 1.31 bits per heavy atom. The molecular weight excluding hydrogens is 216 g/mol. The maximum absolute atomic E-state index is 6.24. The maximum Gasteiger partial charge on any atom is 0.0373 e. The number of allylic oxidation sites excluding steroid dienone is 2. The zero-order chi connectivity index (χ0) is 12.3. The lowest BCUT2D eigenvalue weighted by atomic mass is 9.58. The van der Waals surface area contributed by atoms with Gasteiger partial charge in [0.25, 0.3) is 0 Å². The zero-order valence-corrected chi connectivity index (χ0v) is 12.3. The van der Waals surface area contributed by atoms with E-state index in [9.17, 15) is 0 Å². The van der Waals surface area contributed by atoms with E-state index in [1.807, 2.05) is 13.8 Å². The Labute approximate surface area is 106 Å². The van der Waals surface area contributed by atoms with Gasteiger partial charge in [0, 0.05) is 5.38 Å². The highest BCUT2D eigenvalue weighted by atomic mass is 35.5. The van der Waals surface area contributed by atoms with Crippen LogP contribution in [-0.4, -0.2) is 5.38 Å². The van der Waals surface area contributed by atoms with E-state index in [0.717, 1.165) is 18.3 Å². The average Bonchev–Trinajstić information content (AvgIpc) is 2.30. The SMILES string of the molecule is CC.CC1CC=C2CC(Cl)CCC2(C)C1C. The molecule has 0 N–H and O–H groups in total. The standard InChI is InChI=1S/C13H21Cl.C2H6/c1-9-4-5-11-8-12(14)6-7-13(11,3)10(9)2;1-2/h5,9-10,12H,4,6-8H2,1-3H3;1-2H3. The van der Waals surface area contributed by atoms with E-state index >= 15 is 0 Å². The van der Waals surface area contributed by atoms with Crippen LogP contribution in [0.1, 0.15) is 60.3 Å². The number of rotatable bonds is 0. The topological polar surface area (TPSA) is 0 Å². The van der Waals surface area contributed by atoms with E-state index in [1.54, 1.807) is 5.57 Å². The summed E-state index contributed by atoms with van der Waals surface area (Å²) in [4.78, 5) is 0. The van der Waals surface area contributed by atoms with Crippen LogP contribution < -0.4 is 0 Å². The minimum absolute atomic E-state index is 0.398. The Hall–Kier alpha value is 0.0300. The second kappa shape index (κ2) is 5.58. The molecule has 0 radical (unpaired) electrons. The van der Waals surface area contributed by atoms with E-state index in [4.69, 9.17) is 11.6 Å². The van der Waals surface area contributed by atoms with Crippen molar-refractivity contribution < 1.29 is 0 Å². The first-order valence-electron chi connectivity index (χ1n) is 6.87. The third kappa shape index (κ3) is 2.47. The van der Waals surface area contributed by atoms with Gasteiger partial charge in [0.2, 0.25) is 0 Å². The van der Waals surface area contributed by atoms with Crippen molar-refractivity contribution >= 4 is 11.6 Å². The summed E-state index contributed by atoms with van der Waals surface area (Å²) in [6.45, 7) is 11.3. The molecule has 1 fully saturated rings. The number of alkyl halides is 1. The van der Waals surface area contributed by atoms with Gasteiger partial charge in [0.05, 0.1) is 0 Å². The molecule has 2 rings (SSSR count). The molecule has 4 atom stereocenters. The minimum atomic E-state index is 0.398. The molecule has 94 valence electrons. The molecule has 0 aromatic carbocycles. The van der Waals surface area contributed by atoms with Crippen molar-refractivity contribution in [3.8, 4) is 0 Å². The largest absolute Gasteiger partial charge is 0.123 e. The molecule has 0 saturated heterocycles. The van der Waals surface area contributed by atoms with Crippen LogP contribution in [0, 0.1) is 17.3 Å². The highest BCUT2D eigenvalue weighted by Gasteiger charge is 2.42. The first kappa shape index (κ1) is 14.1. The molecule has 1 saturated carbocycles. The van der Waals surface area contributed by atoms with Crippen LogP contribution in [0.15, 0.2) is 11.6 Å². The van der Waals surface area contributed by atoms with E-state index < -0.39 is 0 Å². The van der Waals surface area contributed by atoms with Crippen molar-refractivity contribution in [3.63, 3.8) is 0 Å². The van der Waals surface area contributed by atoms with Crippen LogP contribution in [0.5, 0.6) is 0 Å². The van der Waals surface area contributed by atoms with Gasteiger partial charge in [-0.3, -0.25) is 0 Å². The van der Waals surface area contributed by atoms with Gasteiger partial charge < -0.3 is 0 Å². The maximum atomic E-state index is 6.24. The molecule has 1 heteroatoms. The summed E-state index contributed by atoms with van der Waals surface area (Å²) >= 11 is 6.24. The van der Waals surface area contributed by atoms with Crippen molar-refractivity contribution in [3.05, 3.63) is 11.6 Å². The third-order valence-corrected chi connectivity index (χ3v) is 5.12. The molecule has 2 aliphatic rings. The van der Waals surface area contributed by atoms with Crippen molar-refractivity contribution in [2.45, 2.75) is 65.7 Å². The van der Waals surface area contributed by atoms with Crippen molar-refractivity contribution in [1.29, 1.82) is 0 Å². The lowest BCUT2D eigenvalue weighted by Crippen LogP contribution is -2.39. The van der Waals surface area contributed by atoms with Gasteiger partial charge in [-0.05, 0) is 42.9 Å². The van der Waals surface area contributed by atoms with Crippen LogP contribution in [0.3, 0.4) is 0 Å². The fourth-order valence-electron chi connectivity index (χ4n) is 3.19. The van der Waals surface area contributed by atoms with Gasteiger partial charge in [-0.1, -0.05) is 46.3 Å². The normalized spacial score (nSPS) is 42.6. The Balaban J connectivity index is 0.000000606.